The molecule has 0 heterocycles. The summed E-state index contributed by atoms with van der Waals surface area (Å²) in [6.45, 7) is 1.84. The van der Waals surface area contributed by atoms with Crippen molar-refractivity contribution >= 4 is 21.9 Å². The molecule has 20 heavy (non-hydrogen) atoms. The Morgan fingerprint density at radius 1 is 1.50 bits per heavy atom. The van der Waals surface area contributed by atoms with Crippen LogP contribution in [0.5, 0.6) is 0 Å². The Labute approximate surface area is 126 Å². The van der Waals surface area contributed by atoms with Crippen molar-refractivity contribution in [2.75, 3.05) is 6.54 Å². The van der Waals surface area contributed by atoms with Gasteiger partial charge in [0.2, 0.25) is 0 Å². The van der Waals surface area contributed by atoms with Crippen LogP contribution in [0.15, 0.2) is 22.7 Å². The largest absolute Gasteiger partial charge is 0.480 e. The predicted molar refractivity (Wildman–Crippen MR) is 79.1 cm³/mol. The highest BCUT2D eigenvalue weighted by Gasteiger charge is 2.30. The lowest BCUT2D eigenvalue weighted by molar-refractivity contribution is -0.139. The van der Waals surface area contributed by atoms with Crippen molar-refractivity contribution in [2.24, 2.45) is 0 Å². The van der Waals surface area contributed by atoms with Gasteiger partial charge in [-0.1, -0.05) is 28.8 Å². The Balaban J connectivity index is 2.26. The fourth-order valence-corrected chi connectivity index (χ4v) is 3.37. The maximum absolute atomic E-state index is 14.0. The Hall–Kier alpha value is -0.940. The van der Waals surface area contributed by atoms with E-state index in [2.05, 4.69) is 15.9 Å². The normalized spacial score (nSPS) is 17.6. The fourth-order valence-electron chi connectivity index (χ4n) is 2.99. The van der Waals surface area contributed by atoms with E-state index in [1.807, 2.05) is 11.8 Å². The summed E-state index contributed by atoms with van der Waals surface area (Å²) in [7, 11) is 0. The zero-order valence-corrected chi connectivity index (χ0v) is 13.1. The van der Waals surface area contributed by atoms with Crippen LogP contribution < -0.4 is 0 Å². The molecule has 1 atom stereocenters. The van der Waals surface area contributed by atoms with E-state index in [-0.39, 0.29) is 24.4 Å². The third kappa shape index (κ3) is 3.58. The molecule has 0 spiro atoms. The number of halogens is 2. The van der Waals surface area contributed by atoms with Gasteiger partial charge in [-0.2, -0.15) is 0 Å². The monoisotopic (exact) mass is 343 g/mol. The van der Waals surface area contributed by atoms with E-state index < -0.39 is 5.97 Å². The molecule has 1 aliphatic carbocycles. The molecule has 1 aliphatic rings. The number of rotatable bonds is 5. The van der Waals surface area contributed by atoms with Crippen molar-refractivity contribution in [1.29, 1.82) is 0 Å². The first-order chi connectivity index (χ1) is 9.49. The first kappa shape index (κ1) is 15.4. The molecule has 2 rings (SSSR count). The molecule has 0 radical (unpaired) electrons. The lowest BCUT2D eigenvalue weighted by Gasteiger charge is -2.33. The van der Waals surface area contributed by atoms with E-state index in [4.69, 9.17) is 5.11 Å². The number of hydrogen-bond acceptors (Lipinski definition) is 2. The van der Waals surface area contributed by atoms with Crippen molar-refractivity contribution < 1.29 is 14.3 Å². The zero-order chi connectivity index (χ0) is 14.7. The second-order valence-electron chi connectivity index (χ2n) is 5.35. The first-order valence-electron chi connectivity index (χ1n) is 6.91. The summed E-state index contributed by atoms with van der Waals surface area (Å²) in [5.74, 6) is -1.15. The van der Waals surface area contributed by atoms with Crippen LogP contribution >= 0.6 is 15.9 Å². The van der Waals surface area contributed by atoms with E-state index in [0.717, 1.165) is 30.2 Å². The van der Waals surface area contributed by atoms with E-state index in [1.165, 1.54) is 6.07 Å². The lowest BCUT2D eigenvalue weighted by Crippen LogP contribution is -2.39. The Morgan fingerprint density at radius 3 is 2.75 bits per heavy atom. The molecule has 110 valence electrons. The van der Waals surface area contributed by atoms with Gasteiger partial charge >= 0.3 is 5.97 Å². The van der Waals surface area contributed by atoms with Gasteiger partial charge < -0.3 is 5.11 Å². The van der Waals surface area contributed by atoms with Gasteiger partial charge in [0.15, 0.2) is 0 Å². The standard InChI is InChI=1S/C15H19BrFNO2/c1-10(13-8-11(16)6-7-14(13)17)18(9-15(19)20)12-4-2-3-5-12/h6-8,10,12H,2-5,9H2,1H3,(H,19,20). The first-order valence-corrected chi connectivity index (χ1v) is 7.71. The summed E-state index contributed by atoms with van der Waals surface area (Å²) in [6.07, 6.45) is 4.23. The minimum atomic E-state index is -0.862. The molecule has 1 unspecified atom stereocenters. The number of carbonyl (C=O) groups is 1. The van der Waals surface area contributed by atoms with Crippen molar-refractivity contribution in [3.8, 4) is 0 Å². The van der Waals surface area contributed by atoms with Crippen molar-refractivity contribution in [3.63, 3.8) is 0 Å². The van der Waals surface area contributed by atoms with Crippen LogP contribution in [0, 0.1) is 5.82 Å². The third-order valence-electron chi connectivity index (χ3n) is 4.02. The minimum absolute atomic E-state index is 0.0439. The van der Waals surface area contributed by atoms with Crippen molar-refractivity contribution in [1.82, 2.24) is 4.90 Å². The molecule has 0 bridgehead atoms. The van der Waals surface area contributed by atoms with Crippen LogP contribution in [0.25, 0.3) is 0 Å². The molecule has 1 aromatic carbocycles. The number of hydrogen-bond donors (Lipinski definition) is 1. The number of nitrogens with zero attached hydrogens (tertiary/aromatic N) is 1. The van der Waals surface area contributed by atoms with Gasteiger partial charge in [-0.25, -0.2) is 4.39 Å². The van der Waals surface area contributed by atoms with Gasteiger partial charge in [0.25, 0.3) is 0 Å². The van der Waals surface area contributed by atoms with Gasteiger partial charge in [-0.15, -0.1) is 0 Å². The average molecular weight is 344 g/mol. The second-order valence-corrected chi connectivity index (χ2v) is 6.26. The quantitative estimate of drug-likeness (QED) is 0.878. The van der Waals surface area contributed by atoms with Gasteiger partial charge in [-0.05, 0) is 38.0 Å². The summed E-state index contributed by atoms with van der Waals surface area (Å²) >= 11 is 3.35. The molecule has 5 heteroatoms. The molecule has 1 aromatic rings. The van der Waals surface area contributed by atoms with E-state index in [9.17, 15) is 9.18 Å². The molecule has 0 aliphatic heterocycles. The molecule has 0 amide bonds. The van der Waals surface area contributed by atoms with Crippen molar-refractivity contribution in [2.45, 2.75) is 44.7 Å². The zero-order valence-electron chi connectivity index (χ0n) is 11.5. The van der Waals surface area contributed by atoms with Crippen LogP contribution in [0.3, 0.4) is 0 Å². The molecule has 0 aromatic heterocycles. The third-order valence-corrected chi connectivity index (χ3v) is 4.51. The highest BCUT2D eigenvalue weighted by atomic mass is 79.9. The number of carboxylic acid groups (broad SMARTS) is 1. The van der Waals surface area contributed by atoms with E-state index >= 15 is 0 Å². The topological polar surface area (TPSA) is 40.5 Å². The van der Waals surface area contributed by atoms with Gasteiger partial charge in [0.05, 0.1) is 6.54 Å². The van der Waals surface area contributed by atoms with Crippen LogP contribution in [-0.2, 0) is 4.79 Å². The summed E-state index contributed by atoms with van der Waals surface area (Å²) in [5.41, 5.74) is 0.549. The van der Waals surface area contributed by atoms with Crippen LogP contribution in [0.4, 0.5) is 4.39 Å². The maximum Gasteiger partial charge on any atom is 0.317 e. The van der Waals surface area contributed by atoms with Gasteiger partial charge in [0.1, 0.15) is 5.82 Å². The smallest absolute Gasteiger partial charge is 0.317 e. The lowest BCUT2D eigenvalue weighted by atomic mass is 10.0. The van der Waals surface area contributed by atoms with Gasteiger partial charge in [0, 0.05) is 22.1 Å². The minimum Gasteiger partial charge on any atom is -0.480 e. The van der Waals surface area contributed by atoms with Gasteiger partial charge in [-0.3, -0.25) is 9.69 Å². The maximum atomic E-state index is 14.0. The molecular formula is C15H19BrFNO2. The summed E-state index contributed by atoms with van der Waals surface area (Å²) in [6, 6.07) is 4.81. The van der Waals surface area contributed by atoms with Crippen LogP contribution in [0.1, 0.15) is 44.2 Å². The average Bonchev–Trinajstić information content (AvgIpc) is 2.91. The summed E-state index contributed by atoms with van der Waals surface area (Å²) in [4.78, 5) is 13.0. The predicted octanol–water partition coefficient (Wildman–Crippen LogP) is 3.98. The number of carboxylic acids is 1. The molecule has 3 nitrogen and oxygen atoms in total. The van der Waals surface area contributed by atoms with Crippen LogP contribution in [-0.4, -0.2) is 28.6 Å². The Kier molecular flexibility index (Phi) is 5.16. The Morgan fingerprint density at radius 2 is 2.15 bits per heavy atom. The Bertz CT molecular complexity index is 489. The summed E-state index contributed by atoms with van der Waals surface area (Å²) in [5, 5.41) is 9.12. The summed E-state index contributed by atoms with van der Waals surface area (Å²) < 4.78 is 14.8. The van der Waals surface area contributed by atoms with Crippen molar-refractivity contribution in [3.05, 3.63) is 34.1 Å². The van der Waals surface area contributed by atoms with E-state index in [1.54, 1.807) is 12.1 Å². The van der Waals surface area contributed by atoms with Crippen LogP contribution in [0.2, 0.25) is 0 Å². The molecule has 1 fully saturated rings. The molecule has 0 saturated heterocycles. The SMILES string of the molecule is CC(c1cc(Br)ccc1F)N(CC(=O)O)C1CCCC1. The highest BCUT2D eigenvalue weighted by Crippen LogP contribution is 2.32. The number of benzene rings is 1. The fraction of sp³-hybridized carbons (Fsp3) is 0.533. The molecule has 1 N–H and O–H groups in total. The highest BCUT2D eigenvalue weighted by molar-refractivity contribution is 9.10. The van der Waals surface area contributed by atoms with E-state index in [0.29, 0.717) is 5.56 Å². The second kappa shape index (κ2) is 6.68. The molecule has 1 saturated carbocycles. The molecular weight excluding hydrogens is 325 g/mol. The number of aliphatic carboxylic acids is 1.